The number of tetrazole rings is 1. The third kappa shape index (κ3) is 10.8. The average molecular weight is 725 g/mol. The van der Waals surface area contributed by atoms with Crippen LogP contribution in [0.15, 0.2) is 12.1 Å². The summed E-state index contributed by atoms with van der Waals surface area (Å²) in [6, 6.07) is -1.77. The maximum Gasteiger partial charge on any atom is 0.407 e. The number of alkyl halides is 2. The first-order valence-corrected chi connectivity index (χ1v) is 17.6. The molecule has 4 N–H and O–H groups in total. The molecule has 282 valence electrons. The summed E-state index contributed by atoms with van der Waals surface area (Å²) in [6.07, 6.45) is 0.209. The molecule has 13 nitrogen and oxygen atoms in total. The molecule has 4 amide bonds. The number of amides is 4. The Morgan fingerprint density at radius 2 is 1.69 bits per heavy atom. The van der Waals surface area contributed by atoms with Crippen molar-refractivity contribution in [2.75, 3.05) is 19.7 Å². The van der Waals surface area contributed by atoms with Crippen LogP contribution in [0.5, 0.6) is 0 Å². The molecule has 0 spiro atoms. The maximum atomic E-state index is 14.8. The second kappa shape index (κ2) is 18.3. The van der Waals surface area contributed by atoms with Crippen molar-refractivity contribution >= 4 is 23.8 Å². The zero-order valence-electron chi connectivity index (χ0n) is 29.4. The molecule has 1 aromatic carbocycles. The quantitative estimate of drug-likeness (QED) is 0.199. The molecule has 0 bridgehead atoms. The lowest BCUT2D eigenvalue weighted by Crippen LogP contribution is -2.57. The largest absolute Gasteiger partial charge is 0.449 e. The molecular weight excluding hydrogens is 676 g/mol. The standard InChI is InChI=1S/C34H48F4N8O5/c1-18(2)17-51-34(50)41-29(19(3)4)33(49)46-16-22(20-8-6-5-7-9-20)14-27(46)32(48)40-26(15-28(37)38)31(47)39-11-10-23-24(35)12-21(13-25(23)36)30-42-44-45-43-30/h12-13,18-20,22,26-29H,5-11,14-17H2,1-4H3,(H,39,47)(H,40,48)(H,41,50)(H,42,43,44,45)/t22-,26+,27+,29+/m1/s1. The van der Waals surface area contributed by atoms with Gasteiger partial charge in [0, 0.05) is 30.6 Å². The highest BCUT2D eigenvalue weighted by Gasteiger charge is 2.45. The molecule has 2 aromatic rings. The number of hydrogen-bond acceptors (Lipinski definition) is 8. The highest BCUT2D eigenvalue weighted by atomic mass is 19.3. The number of ether oxygens (including phenoxy) is 1. The monoisotopic (exact) mass is 724 g/mol. The summed E-state index contributed by atoms with van der Waals surface area (Å²) in [6.45, 7) is 7.30. The minimum absolute atomic E-state index is 0.0223. The number of likely N-dealkylation sites (tertiary alicyclic amines) is 1. The zero-order chi connectivity index (χ0) is 37.2. The lowest BCUT2D eigenvalue weighted by molar-refractivity contribution is -0.141. The van der Waals surface area contributed by atoms with Crippen LogP contribution < -0.4 is 16.0 Å². The third-order valence-electron chi connectivity index (χ3n) is 9.46. The van der Waals surface area contributed by atoms with E-state index in [0.29, 0.717) is 0 Å². The summed E-state index contributed by atoms with van der Waals surface area (Å²) in [4.78, 5) is 54.9. The number of hydrogen-bond donors (Lipinski definition) is 4. The van der Waals surface area contributed by atoms with E-state index in [-0.39, 0.29) is 73.2 Å². The lowest BCUT2D eigenvalue weighted by Gasteiger charge is -2.31. The smallest absolute Gasteiger partial charge is 0.407 e. The second-order valence-corrected chi connectivity index (χ2v) is 14.1. The number of nitrogens with zero attached hydrogens (tertiary/aromatic N) is 4. The van der Waals surface area contributed by atoms with Crippen molar-refractivity contribution in [2.24, 2.45) is 23.7 Å². The Kier molecular flexibility index (Phi) is 14.1. The van der Waals surface area contributed by atoms with Crippen molar-refractivity contribution in [2.45, 2.75) is 104 Å². The van der Waals surface area contributed by atoms with Crippen LogP contribution in [-0.2, 0) is 25.5 Å². The number of benzene rings is 1. The summed E-state index contributed by atoms with van der Waals surface area (Å²) in [7, 11) is 0. The van der Waals surface area contributed by atoms with Gasteiger partial charge in [0.25, 0.3) is 0 Å². The first kappa shape index (κ1) is 39.5. The fourth-order valence-electron chi connectivity index (χ4n) is 6.78. The van der Waals surface area contributed by atoms with E-state index >= 15 is 0 Å². The molecule has 1 saturated carbocycles. The van der Waals surface area contributed by atoms with E-state index in [0.717, 1.165) is 44.2 Å². The molecule has 4 rings (SSSR count). The van der Waals surface area contributed by atoms with Crippen molar-refractivity contribution < 1.29 is 41.5 Å². The molecule has 0 unspecified atom stereocenters. The number of carbonyl (C=O) groups is 4. The first-order valence-electron chi connectivity index (χ1n) is 17.6. The molecule has 1 aliphatic carbocycles. The second-order valence-electron chi connectivity index (χ2n) is 14.1. The fourth-order valence-corrected chi connectivity index (χ4v) is 6.78. The number of nitrogens with one attached hydrogen (secondary N) is 4. The maximum absolute atomic E-state index is 14.8. The Hall–Kier alpha value is -4.31. The number of rotatable bonds is 15. The molecule has 1 aliphatic heterocycles. The summed E-state index contributed by atoms with van der Waals surface area (Å²) in [5.41, 5.74) is -0.315. The van der Waals surface area contributed by atoms with Crippen molar-refractivity contribution in [3.63, 3.8) is 0 Å². The van der Waals surface area contributed by atoms with Gasteiger partial charge in [-0.3, -0.25) is 14.4 Å². The van der Waals surface area contributed by atoms with Gasteiger partial charge in [0.05, 0.1) is 6.61 Å². The van der Waals surface area contributed by atoms with E-state index in [1.807, 2.05) is 13.8 Å². The molecule has 2 heterocycles. The van der Waals surface area contributed by atoms with Crippen LogP contribution in [0.3, 0.4) is 0 Å². The average Bonchev–Trinajstić information content (AvgIpc) is 3.78. The van der Waals surface area contributed by atoms with Gasteiger partial charge in [0.1, 0.15) is 29.8 Å². The Labute approximate surface area is 294 Å². The van der Waals surface area contributed by atoms with Gasteiger partial charge in [-0.1, -0.05) is 59.8 Å². The molecular formula is C34H48F4N8O5. The van der Waals surface area contributed by atoms with E-state index in [1.165, 1.54) is 4.90 Å². The molecule has 1 aromatic heterocycles. The molecule has 2 aliphatic rings. The molecule has 4 atom stereocenters. The molecule has 0 radical (unpaired) electrons. The van der Waals surface area contributed by atoms with Crippen LogP contribution >= 0.6 is 0 Å². The predicted molar refractivity (Wildman–Crippen MR) is 177 cm³/mol. The topological polar surface area (TPSA) is 171 Å². The van der Waals surface area contributed by atoms with Crippen LogP contribution in [0.1, 0.15) is 78.2 Å². The summed E-state index contributed by atoms with van der Waals surface area (Å²) >= 11 is 0. The number of aromatic nitrogens is 4. The van der Waals surface area contributed by atoms with Crippen LogP contribution in [-0.4, -0.2) is 93.6 Å². The lowest BCUT2D eigenvalue weighted by atomic mass is 9.79. The van der Waals surface area contributed by atoms with Crippen LogP contribution in [0, 0.1) is 35.3 Å². The SMILES string of the molecule is CC(C)COC(=O)N[C@H](C(=O)N1C[C@H](C2CCCCC2)C[C@H]1C(=O)N[C@@H](CC(F)F)C(=O)NCCc1c(F)cc(-c2nn[nH]n2)cc1F)C(C)C. The van der Waals surface area contributed by atoms with Crippen LogP contribution in [0.4, 0.5) is 22.4 Å². The molecule has 2 fully saturated rings. The van der Waals surface area contributed by atoms with E-state index < -0.39 is 66.4 Å². The minimum Gasteiger partial charge on any atom is -0.449 e. The van der Waals surface area contributed by atoms with Crippen molar-refractivity contribution in [1.82, 2.24) is 41.5 Å². The number of H-pyrrole nitrogens is 1. The number of halogens is 4. The number of alkyl carbamates (subject to hydrolysis) is 1. The van der Waals surface area contributed by atoms with Gasteiger partial charge < -0.3 is 25.6 Å². The van der Waals surface area contributed by atoms with E-state index in [1.54, 1.807) is 13.8 Å². The fraction of sp³-hybridized carbons (Fsp3) is 0.676. The van der Waals surface area contributed by atoms with Crippen LogP contribution in [0.25, 0.3) is 11.4 Å². The van der Waals surface area contributed by atoms with Crippen molar-refractivity contribution in [3.05, 3.63) is 29.3 Å². The van der Waals surface area contributed by atoms with Gasteiger partial charge >= 0.3 is 6.09 Å². The Morgan fingerprint density at radius 1 is 1.00 bits per heavy atom. The van der Waals surface area contributed by atoms with E-state index in [9.17, 15) is 36.7 Å². The first-order chi connectivity index (χ1) is 24.2. The Morgan fingerprint density at radius 3 is 2.27 bits per heavy atom. The Balaban J connectivity index is 1.46. The van der Waals surface area contributed by atoms with Crippen LogP contribution in [0.2, 0.25) is 0 Å². The number of carbonyl (C=O) groups excluding carboxylic acids is 4. The highest BCUT2D eigenvalue weighted by Crippen LogP contribution is 2.38. The molecule has 1 saturated heterocycles. The zero-order valence-corrected chi connectivity index (χ0v) is 29.4. The van der Waals surface area contributed by atoms with Crippen molar-refractivity contribution in [3.8, 4) is 11.4 Å². The highest BCUT2D eigenvalue weighted by molar-refractivity contribution is 5.94. The van der Waals surface area contributed by atoms with Gasteiger partial charge in [0.2, 0.25) is 30.0 Å². The van der Waals surface area contributed by atoms with Gasteiger partial charge in [0.15, 0.2) is 0 Å². The summed E-state index contributed by atoms with van der Waals surface area (Å²) in [5.74, 6) is -4.21. The predicted octanol–water partition coefficient (Wildman–Crippen LogP) is 4.15. The minimum atomic E-state index is -2.98. The third-order valence-corrected chi connectivity index (χ3v) is 9.46. The van der Waals surface area contributed by atoms with Gasteiger partial charge in [-0.15, -0.1) is 10.2 Å². The van der Waals surface area contributed by atoms with Gasteiger partial charge in [-0.25, -0.2) is 22.4 Å². The Bertz CT molecular complexity index is 1470. The van der Waals surface area contributed by atoms with E-state index in [4.69, 9.17) is 4.74 Å². The summed E-state index contributed by atoms with van der Waals surface area (Å²) in [5, 5.41) is 20.4. The number of aromatic amines is 1. The van der Waals surface area contributed by atoms with E-state index in [2.05, 4.69) is 36.6 Å². The molecule has 17 heteroatoms. The van der Waals surface area contributed by atoms with Crippen molar-refractivity contribution in [1.29, 1.82) is 0 Å². The normalized spacial score (nSPS) is 19.3. The van der Waals surface area contributed by atoms with Gasteiger partial charge in [-0.2, -0.15) is 5.21 Å². The molecule has 51 heavy (non-hydrogen) atoms. The van der Waals surface area contributed by atoms with Gasteiger partial charge in [-0.05, 0) is 53.9 Å². The summed E-state index contributed by atoms with van der Waals surface area (Å²) < 4.78 is 62.1.